The third-order valence-corrected chi connectivity index (χ3v) is 2.53. The van der Waals surface area contributed by atoms with E-state index in [1.165, 1.54) is 25.3 Å². The molecule has 5 heteroatoms. The molecule has 2 aromatic rings. The second-order valence-electron chi connectivity index (χ2n) is 3.61. The molecule has 1 N–H and O–H groups in total. The molecule has 0 saturated carbocycles. The Labute approximate surface area is 101 Å². The standard InChI is InChI=1S/C13H9F3O2/c1-18-11-5-3-8(12(15)13(11)16)7-2-4-10(17)9(14)6-7/h2-6,17H,1H3. The number of rotatable bonds is 2. The van der Waals surface area contributed by atoms with Gasteiger partial charge >= 0.3 is 0 Å². The molecule has 0 saturated heterocycles. The van der Waals surface area contributed by atoms with E-state index in [1.54, 1.807) is 0 Å². The van der Waals surface area contributed by atoms with Crippen molar-refractivity contribution in [3.05, 3.63) is 47.8 Å². The van der Waals surface area contributed by atoms with Crippen LogP contribution in [0.2, 0.25) is 0 Å². The lowest BCUT2D eigenvalue weighted by atomic mass is 10.0. The highest BCUT2D eigenvalue weighted by atomic mass is 19.2. The molecule has 0 aliphatic rings. The first-order valence-corrected chi connectivity index (χ1v) is 5.05. The van der Waals surface area contributed by atoms with Gasteiger partial charge in [-0.05, 0) is 29.8 Å². The van der Waals surface area contributed by atoms with E-state index in [-0.39, 0.29) is 16.9 Å². The predicted octanol–water partition coefficient (Wildman–Crippen LogP) is 3.49. The Morgan fingerprint density at radius 3 is 2.33 bits per heavy atom. The van der Waals surface area contributed by atoms with E-state index in [4.69, 9.17) is 5.11 Å². The van der Waals surface area contributed by atoms with Crippen LogP contribution in [0.1, 0.15) is 0 Å². The third kappa shape index (κ3) is 1.99. The minimum absolute atomic E-state index is 0.104. The fourth-order valence-electron chi connectivity index (χ4n) is 1.59. The van der Waals surface area contributed by atoms with E-state index >= 15 is 0 Å². The predicted molar refractivity (Wildman–Crippen MR) is 60.0 cm³/mol. The average Bonchev–Trinajstić information content (AvgIpc) is 2.36. The SMILES string of the molecule is COc1ccc(-c2ccc(O)c(F)c2)c(F)c1F. The number of ether oxygens (including phenoxy) is 1. The van der Waals surface area contributed by atoms with E-state index in [0.717, 1.165) is 12.1 Å². The zero-order chi connectivity index (χ0) is 13.3. The Hall–Kier alpha value is -2.17. The lowest BCUT2D eigenvalue weighted by Crippen LogP contribution is -1.95. The Bertz CT molecular complexity index is 597. The number of hydrogen-bond donors (Lipinski definition) is 1. The smallest absolute Gasteiger partial charge is 0.201 e. The van der Waals surface area contributed by atoms with Gasteiger partial charge in [-0.2, -0.15) is 4.39 Å². The molecule has 0 radical (unpaired) electrons. The van der Waals surface area contributed by atoms with Crippen LogP contribution in [0, 0.1) is 17.5 Å². The number of hydrogen-bond acceptors (Lipinski definition) is 2. The first kappa shape index (κ1) is 12.3. The maximum Gasteiger partial charge on any atom is 0.201 e. The second kappa shape index (κ2) is 4.60. The molecule has 0 atom stereocenters. The Morgan fingerprint density at radius 1 is 1.00 bits per heavy atom. The molecule has 0 spiro atoms. The molecule has 2 rings (SSSR count). The summed E-state index contributed by atoms with van der Waals surface area (Å²) in [5.74, 6) is -3.94. The van der Waals surface area contributed by atoms with Crippen molar-refractivity contribution in [2.75, 3.05) is 7.11 Å². The van der Waals surface area contributed by atoms with E-state index in [1.807, 2.05) is 0 Å². The monoisotopic (exact) mass is 254 g/mol. The number of methoxy groups -OCH3 is 1. The van der Waals surface area contributed by atoms with Crippen molar-refractivity contribution in [3.63, 3.8) is 0 Å². The van der Waals surface area contributed by atoms with E-state index < -0.39 is 23.2 Å². The molecule has 18 heavy (non-hydrogen) atoms. The summed E-state index contributed by atoms with van der Waals surface area (Å²) in [5, 5.41) is 9.03. The summed E-state index contributed by atoms with van der Waals surface area (Å²) in [7, 11) is 1.22. The Balaban J connectivity index is 2.57. The van der Waals surface area contributed by atoms with Crippen molar-refractivity contribution in [1.29, 1.82) is 0 Å². The fourth-order valence-corrected chi connectivity index (χ4v) is 1.59. The Morgan fingerprint density at radius 2 is 1.72 bits per heavy atom. The van der Waals surface area contributed by atoms with E-state index in [0.29, 0.717) is 0 Å². The van der Waals surface area contributed by atoms with Gasteiger partial charge in [-0.1, -0.05) is 6.07 Å². The maximum absolute atomic E-state index is 13.7. The zero-order valence-electron chi connectivity index (χ0n) is 9.38. The van der Waals surface area contributed by atoms with Crippen LogP contribution < -0.4 is 4.74 Å². The van der Waals surface area contributed by atoms with Crippen molar-refractivity contribution in [2.24, 2.45) is 0 Å². The van der Waals surface area contributed by atoms with Gasteiger partial charge in [-0.15, -0.1) is 0 Å². The van der Waals surface area contributed by atoms with Gasteiger partial charge < -0.3 is 9.84 Å². The lowest BCUT2D eigenvalue weighted by molar-refractivity contribution is 0.372. The lowest BCUT2D eigenvalue weighted by Gasteiger charge is -2.08. The topological polar surface area (TPSA) is 29.5 Å². The quantitative estimate of drug-likeness (QED) is 0.888. The molecule has 0 aliphatic carbocycles. The number of phenols is 1. The van der Waals surface area contributed by atoms with Crippen molar-refractivity contribution >= 4 is 0 Å². The van der Waals surface area contributed by atoms with Crippen molar-refractivity contribution in [1.82, 2.24) is 0 Å². The van der Waals surface area contributed by atoms with Crippen LogP contribution in [-0.2, 0) is 0 Å². The maximum atomic E-state index is 13.7. The summed E-state index contributed by atoms with van der Waals surface area (Å²) in [5.41, 5.74) is 0.0246. The molecule has 0 amide bonds. The van der Waals surface area contributed by atoms with Gasteiger partial charge in [0.25, 0.3) is 0 Å². The van der Waals surface area contributed by atoms with Crippen LogP contribution in [0.15, 0.2) is 30.3 Å². The minimum Gasteiger partial charge on any atom is -0.505 e. The second-order valence-corrected chi connectivity index (χ2v) is 3.61. The molecular weight excluding hydrogens is 245 g/mol. The van der Waals surface area contributed by atoms with Crippen molar-refractivity contribution in [3.8, 4) is 22.6 Å². The molecule has 0 unspecified atom stereocenters. The average molecular weight is 254 g/mol. The summed E-state index contributed by atoms with van der Waals surface area (Å²) in [6.45, 7) is 0. The van der Waals surface area contributed by atoms with Gasteiger partial charge in [0.1, 0.15) is 0 Å². The number of halogens is 3. The van der Waals surface area contributed by atoms with Gasteiger partial charge in [0.15, 0.2) is 23.1 Å². The third-order valence-electron chi connectivity index (χ3n) is 2.53. The molecule has 0 bridgehead atoms. The van der Waals surface area contributed by atoms with E-state index in [2.05, 4.69) is 4.74 Å². The Kier molecular flexibility index (Phi) is 3.14. The summed E-state index contributed by atoms with van der Waals surface area (Å²) in [6.07, 6.45) is 0. The molecule has 2 nitrogen and oxygen atoms in total. The van der Waals surface area contributed by atoms with Crippen molar-refractivity contribution in [2.45, 2.75) is 0 Å². The van der Waals surface area contributed by atoms with Gasteiger partial charge in [-0.25, -0.2) is 8.78 Å². The van der Waals surface area contributed by atoms with E-state index in [9.17, 15) is 13.2 Å². The minimum atomic E-state index is -1.14. The van der Waals surface area contributed by atoms with Crippen LogP contribution in [0.25, 0.3) is 11.1 Å². The van der Waals surface area contributed by atoms with Crippen LogP contribution in [0.4, 0.5) is 13.2 Å². The fraction of sp³-hybridized carbons (Fsp3) is 0.0769. The van der Waals surface area contributed by atoms with Crippen LogP contribution in [0.5, 0.6) is 11.5 Å². The first-order chi connectivity index (χ1) is 8.54. The van der Waals surface area contributed by atoms with Crippen molar-refractivity contribution < 1.29 is 23.0 Å². The number of aromatic hydroxyl groups is 1. The molecule has 0 aliphatic heterocycles. The van der Waals surface area contributed by atoms with Crippen LogP contribution >= 0.6 is 0 Å². The molecular formula is C13H9F3O2. The van der Waals surface area contributed by atoms with Gasteiger partial charge in [-0.3, -0.25) is 0 Å². The highest BCUT2D eigenvalue weighted by molar-refractivity contribution is 5.66. The largest absolute Gasteiger partial charge is 0.505 e. The summed E-state index contributed by atoms with van der Waals surface area (Å²) in [6, 6.07) is 5.83. The number of phenolic OH excluding ortho intramolecular Hbond substituents is 1. The molecule has 0 fully saturated rings. The normalized spacial score (nSPS) is 10.4. The van der Waals surface area contributed by atoms with Crippen LogP contribution in [-0.4, -0.2) is 12.2 Å². The molecule has 0 aromatic heterocycles. The molecule has 0 heterocycles. The van der Waals surface area contributed by atoms with Gasteiger partial charge in [0.2, 0.25) is 5.82 Å². The van der Waals surface area contributed by atoms with Crippen LogP contribution in [0.3, 0.4) is 0 Å². The number of benzene rings is 2. The zero-order valence-corrected chi connectivity index (χ0v) is 9.38. The molecule has 2 aromatic carbocycles. The summed E-state index contributed by atoms with van der Waals surface area (Å²) in [4.78, 5) is 0. The highest BCUT2D eigenvalue weighted by Gasteiger charge is 2.16. The first-order valence-electron chi connectivity index (χ1n) is 5.05. The molecule has 94 valence electrons. The van der Waals surface area contributed by atoms with Gasteiger partial charge in [0, 0.05) is 5.56 Å². The summed E-state index contributed by atoms with van der Waals surface area (Å²) >= 11 is 0. The summed E-state index contributed by atoms with van der Waals surface area (Å²) < 4.78 is 45.0. The van der Waals surface area contributed by atoms with Gasteiger partial charge in [0.05, 0.1) is 7.11 Å². The highest BCUT2D eigenvalue weighted by Crippen LogP contribution is 2.31.